The second kappa shape index (κ2) is 8.14. The van der Waals surface area contributed by atoms with Gasteiger partial charge >= 0.3 is 5.97 Å². The summed E-state index contributed by atoms with van der Waals surface area (Å²) >= 11 is 1.52. The third-order valence-corrected chi connectivity index (χ3v) is 6.22. The summed E-state index contributed by atoms with van der Waals surface area (Å²) in [5.74, 6) is -1.12. The number of amides is 1. The summed E-state index contributed by atoms with van der Waals surface area (Å²) in [7, 11) is 0. The summed E-state index contributed by atoms with van der Waals surface area (Å²) < 4.78 is 5.67. The first-order valence-corrected chi connectivity index (χ1v) is 10.2. The van der Waals surface area contributed by atoms with Crippen LogP contribution in [0.2, 0.25) is 0 Å². The molecule has 1 fully saturated rings. The largest absolute Gasteiger partial charge is 0.480 e. The van der Waals surface area contributed by atoms with Crippen LogP contribution in [-0.4, -0.2) is 28.6 Å². The molecule has 2 N–H and O–H groups in total. The Morgan fingerprint density at radius 1 is 1.10 bits per heavy atom. The number of aliphatic carboxylic acids is 1. The Labute approximate surface area is 172 Å². The van der Waals surface area contributed by atoms with Crippen LogP contribution in [0.5, 0.6) is 0 Å². The second-order valence-electron chi connectivity index (χ2n) is 6.96. The molecule has 4 rings (SSSR count). The number of carbonyl (C=O) groups excluding carboxylic acids is 1. The predicted octanol–water partition coefficient (Wildman–Crippen LogP) is 4.54. The van der Waals surface area contributed by atoms with Crippen molar-refractivity contribution in [3.63, 3.8) is 0 Å². The van der Waals surface area contributed by atoms with Crippen LogP contribution in [0.25, 0.3) is 10.4 Å². The van der Waals surface area contributed by atoms with Crippen molar-refractivity contribution < 1.29 is 19.4 Å². The molecule has 3 aromatic rings. The standard InChI is InChI=1S/C22H20N2O4S/c25-19(26)14-28-22(11-4-12-22)21-23-13-18(29-21)15-7-9-17(10-8-15)24-20(27)16-5-2-1-3-6-16/h1-3,5-10,13H,4,11-12,14H2,(H,24,27)(H,25,26). The van der Waals surface area contributed by atoms with E-state index in [1.165, 1.54) is 11.3 Å². The molecule has 1 aliphatic carbocycles. The number of carbonyl (C=O) groups is 2. The zero-order valence-electron chi connectivity index (χ0n) is 15.6. The van der Waals surface area contributed by atoms with Crippen LogP contribution in [0.3, 0.4) is 0 Å². The van der Waals surface area contributed by atoms with E-state index < -0.39 is 11.6 Å². The molecule has 0 bridgehead atoms. The number of hydrogen-bond acceptors (Lipinski definition) is 5. The van der Waals surface area contributed by atoms with Gasteiger partial charge in [0, 0.05) is 17.4 Å². The van der Waals surface area contributed by atoms with Gasteiger partial charge in [-0.3, -0.25) is 4.79 Å². The number of ether oxygens (including phenoxy) is 1. The van der Waals surface area contributed by atoms with Gasteiger partial charge in [0.2, 0.25) is 0 Å². The topological polar surface area (TPSA) is 88.5 Å². The minimum absolute atomic E-state index is 0.152. The molecule has 1 heterocycles. The highest BCUT2D eigenvalue weighted by molar-refractivity contribution is 7.15. The van der Waals surface area contributed by atoms with E-state index in [1.807, 2.05) is 42.5 Å². The fraction of sp³-hybridized carbons (Fsp3) is 0.227. The molecule has 6 nitrogen and oxygen atoms in total. The first-order valence-electron chi connectivity index (χ1n) is 9.35. The van der Waals surface area contributed by atoms with Crippen molar-refractivity contribution in [3.05, 3.63) is 71.4 Å². The molecule has 0 unspecified atom stereocenters. The Morgan fingerprint density at radius 3 is 2.45 bits per heavy atom. The summed E-state index contributed by atoms with van der Waals surface area (Å²) in [5.41, 5.74) is 1.74. The molecule has 1 amide bonds. The van der Waals surface area contributed by atoms with E-state index in [0.717, 1.165) is 34.7 Å². The first kappa shape index (κ1) is 19.3. The Hall–Kier alpha value is -3.03. The highest BCUT2D eigenvalue weighted by atomic mass is 32.1. The number of benzene rings is 2. The van der Waals surface area contributed by atoms with E-state index in [-0.39, 0.29) is 12.5 Å². The highest BCUT2D eigenvalue weighted by Crippen LogP contribution is 2.47. The number of anilines is 1. The molecule has 1 aliphatic rings. The van der Waals surface area contributed by atoms with Crippen molar-refractivity contribution in [2.45, 2.75) is 24.9 Å². The monoisotopic (exact) mass is 408 g/mol. The van der Waals surface area contributed by atoms with E-state index in [9.17, 15) is 9.59 Å². The van der Waals surface area contributed by atoms with Gasteiger partial charge in [-0.05, 0) is 49.1 Å². The minimum Gasteiger partial charge on any atom is -0.480 e. The number of aromatic nitrogens is 1. The molecule has 0 radical (unpaired) electrons. The number of carboxylic acid groups (broad SMARTS) is 1. The maximum atomic E-state index is 12.3. The third kappa shape index (κ3) is 4.21. The molecule has 0 aliphatic heterocycles. The molecule has 1 saturated carbocycles. The van der Waals surface area contributed by atoms with Gasteiger partial charge in [-0.1, -0.05) is 30.3 Å². The summed E-state index contributed by atoms with van der Waals surface area (Å²) in [4.78, 5) is 28.6. The van der Waals surface area contributed by atoms with E-state index in [2.05, 4.69) is 10.3 Å². The predicted molar refractivity (Wildman–Crippen MR) is 111 cm³/mol. The molecule has 2 aromatic carbocycles. The molecule has 148 valence electrons. The smallest absolute Gasteiger partial charge is 0.329 e. The average Bonchev–Trinajstić information content (AvgIpc) is 3.18. The van der Waals surface area contributed by atoms with Crippen LogP contribution in [0.4, 0.5) is 5.69 Å². The number of thiazole rings is 1. The van der Waals surface area contributed by atoms with Crippen LogP contribution in [-0.2, 0) is 15.1 Å². The van der Waals surface area contributed by atoms with Crippen molar-refractivity contribution in [1.29, 1.82) is 0 Å². The molecule has 7 heteroatoms. The van der Waals surface area contributed by atoms with Crippen molar-refractivity contribution in [3.8, 4) is 10.4 Å². The zero-order valence-corrected chi connectivity index (χ0v) is 16.4. The maximum absolute atomic E-state index is 12.3. The number of rotatable bonds is 7. The number of nitrogens with zero attached hydrogens (tertiary/aromatic N) is 1. The van der Waals surface area contributed by atoms with Gasteiger partial charge in [0.1, 0.15) is 17.2 Å². The van der Waals surface area contributed by atoms with Crippen LogP contribution in [0, 0.1) is 0 Å². The van der Waals surface area contributed by atoms with Crippen LogP contribution < -0.4 is 5.32 Å². The van der Waals surface area contributed by atoms with Crippen molar-refractivity contribution in [2.75, 3.05) is 11.9 Å². The lowest BCUT2D eigenvalue weighted by Gasteiger charge is -2.39. The lowest BCUT2D eigenvalue weighted by molar-refractivity contribution is -0.159. The minimum atomic E-state index is -0.971. The van der Waals surface area contributed by atoms with Gasteiger partial charge in [0.15, 0.2) is 0 Å². The van der Waals surface area contributed by atoms with Gasteiger partial charge in [-0.15, -0.1) is 11.3 Å². The van der Waals surface area contributed by atoms with E-state index in [1.54, 1.807) is 18.3 Å². The summed E-state index contributed by atoms with van der Waals surface area (Å²) in [6.45, 7) is -0.315. The van der Waals surface area contributed by atoms with E-state index in [0.29, 0.717) is 11.3 Å². The Bertz CT molecular complexity index is 1010. The van der Waals surface area contributed by atoms with Crippen LogP contribution in [0.15, 0.2) is 60.8 Å². The van der Waals surface area contributed by atoms with Crippen LogP contribution in [0.1, 0.15) is 34.6 Å². The quantitative estimate of drug-likeness (QED) is 0.599. The normalized spacial score (nSPS) is 14.8. The Kier molecular flexibility index (Phi) is 5.42. The zero-order chi connectivity index (χ0) is 20.3. The summed E-state index contributed by atoms with van der Waals surface area (Å²) in [6, 6.07) is 16.6. The second-order valence-corrected chi connectivity index (χ2v) is 7.99. The maximum Gasteiger partial charge on any atom is 0.329 e. The Balaban J connectivity index is 1.46. The fourth-order valence-corrected chi connectivity index (χ4v) is 4.37. The highest BCUT2D eigenvalue weighted by Gasteiger charge is 2.43. The molecule has 29 heavy (non-hydrogen) atoms. The first-order chi connectivity index (χ1) is 14.1. The van der Waals surface area contributed by atoms with Gasteiger partial charge in [-0.2, -0.15) is 0 Å². The Morgan fingerprint density at radius 2 is 1.83 bits per heavy atom. The lowest BCUT2D eigenvalue weighted by atomic mass is 9.80. The molecular weight excluding hydrogens is 388 g/mol. The molecule has 1 aromatic heterocycles. The van der Waals surface area contributed by atoms with Gasteiger partial charge in [-0.25, -0.2) is 9.78 Å². The van der Waals surface area contributed by atoms with Gasteiger partial charge < -0.3 is 15.2 Å². The van der Waals surface area contributed by atoms with Crippen molar-refractivity contribution >= 4 is 28.9 Å². The van der Waals surface area contributed by atoms with Crippen molar-refractivity contribution in [1.82, 2.24) is 4.98 Å². The fourth-order valence-electron chi connectivity index (χ4n) is 3.25. The lowest BCUT2D eigenvalue weighted by Crippen LogP contribution is -2.38. The van der Waals surface area contributed by atoms with Gasteiger partial charge in [0.05, 0.1) is 4.88 Å². The number of carboxylic acids is 1. The van der Waals surface area contributed by atoms with E-state index in [4.69, 9.17) is 9.84 Å². The van der Waals surface area contributed by atoms with Crippen LogP contribution >= 0.6 is 11.3 Å². The number of hydrogen-bond donors (Lipinski definition) is 2. The van der Waals surface area contributed by atoms with Crippen molar-refractivity contribution in [2.24, 2.45) is 0 Å². The molecule has 0 atom stereocenters. The molecule has 0 saturated heterocycles. The number of nitrogens with one attached hydrogen (secondary N) is 1. The van der Waals surface area contributed by atoms with Gasteiger partial charge in [0.25, 0.3) is 5.91 Å². The van der Waals surface area contributed by atoms with E-state index >= 15 is 0 Å². The summed E-state index contributed by atoms with van der Waals surface area (Å²) in [5, 5.41) is 12.6. The molecule has 0 spiro atoms. The average molecular weight is 408 g/mol. The molecular formula is C22H20N2O4S. The summed E-state index contributed by atoms with van der Waals surface area (Å²) in [6.07, 6.45) is 4.38. The SMILES string of the molecule is O=C(O)COC1(c2ncc(-c3ccc(NC(=O)c4ccccc4)cc3)s2)CCC1. The third-order valence-electron chi connectivity index (χ3n) is 4.99.